The first-order valence-corrected chi connectivity index (χ1v) is 8.96. The summed E-state index contributed by atoms with van der Waals surface area (Å²) in [5.74, 6) is 1.61. The zero-order valence-electron chi connectivity index (χ0n) is 17.2. The fraction of sp³-hybridized carbons (Fsp3) is 0.409. The third-order valence-corrected chi connectivity index (χ3v) is 4.39. The van der Waals surface area contributed by atoms with Gasteiger partial charge in [0.15, 0.2) is 17.6 Å². The topological polar surface area (TPSA) is 56.8 Å². The molecule has 0 radical (unpaired) electrons. The molecule has 0 aliphatic carbocycles. The molecule has 2 aromatic rings. The smallest absolute Gasteiger partial charge is 0.265 e. The number of nitrogens with one attached hydrogen (secondary N) is 1. The number of carbonyl (C=O) groups excluding carboxylic acids is 1. The second kappa shape index (κ2) is 8.33. The van der Waals surface area contributed by atoms with Crippen LogP contribution in [-0.4, -0.2) is 26.2 Å². The van der Waals surface area contributed by atoms with Gasteiger partial charge < -0.3 is 19.5 Å². The first kappa shape index (κ1) is 20.6. The molecule has 146 valence electrons. The van der Waals surface area contributed by atoms with Crippen LogP contribution in [0.5, 0.6) is 17.2 Å². The van der Waals surface area contributed by atoms with Crippen molar-refractivity contribution < 1.29 is 19.0 Å². The highest BCUT2D eigenvalue weighted by Gasteiger charge is 2.18. The van der Waals surface area contributed by atoms with E-state index in [1.807, 2.05) is 37.3 Å². The number of hydrogen-bond acceptors (Lipinski definition) is 4. The van der Waals surface area contributed by atoms with Crippen molar-refractivity contribution in [1.82, 2.24) is 0 Å². The number of hydrogen-bond donors (Lipinski definition) is 1. The summed E-state index contributed by atoms with van der Waals surface area (Å²) >= 11 is 0. The lowest BCUT2D eigenvalue weighted by Crippen LogP contribution is -2.30. The normalized spacial score (nSPS) is 12.3. The fourth-order valence-corrected chi connectivity index (χ4v) is 2.64. The molecule has 0 aliphatic heterocycles. The lowest BCUT2D eigenvalue weighted by atomic mass is 9.87. The van der Waals surface area contributed by atoms with E-state index in [2.05, 4.69) is 26.1 Å². The van der Waals surface area contributed by atoms with Gasteiger partial charge >= 0.3 is 0 Å². The molecule has 1 N–H and O–H groups in total. The van der Waals surface area contributed by atoms with Crippen molar-refractivity contribution in [2.24, 2.45) is 0 Å². The highest BCUT2D eigenvalue weighted by Crippen LogP contribution is 2.33. The van der Waals surface area contributed by atoms with Crippen LogP contribution in [0.4, 0.5) is 5.69 Å². The van der Waals surface area contributed by atoms with Crippen LogP contribution in [0.3, 0.4) is 0 Å². The highest BCUT2D eigenvalue weighted by atomic mass is 16.5. The van der Waals surface area contributed by atoms with E-state index in [9.17, 15) is 4.79 Å². The maximum atomic E-state index is 12.5. The summed E-state index contributed by atoms with van der Waals surface area (Å²) in [7, 11) is 3.14. The van der Waals surface area contributed by atoms with Gasteiger partial charge in [0.25, 0.3) is 5.91 Å². The molecule has 0 fully saturated rings. The lowest BCUT2D eigenvalue weighted by molar-refractivity contribution is -0.122. The summed E-state index contributed by atoms with van der Waals surface area (Å²) in [6, 6.07) is 11.4. The third kappa shape index (κ3) is 5.16. The van der Waals surface area contributed by atoms with Crippen LogP contribution in [0.1, 0.15) is 38.8 Å². The van der Waals surface area contributed by atoms with Crippen molar-refractivity contribution in [2.75, 3.05) is 19.5 Å². The van der Waals surface area contributed by atoms with Gasteiger partial charge in [0.1, 0.15) is 5.75 Å². The van der Waals surface area contributed by atoms with E-state index < -0.39 is 6.10 Å². The zero-order chi connectivity index (χ0) is 20.2. The van der Waals surface area contributed by atoms with Gasteiger partial charge in [-0.15, -0.1) is 0 Å². The molecule has 2 rings (SSSR count). The van der Waals surface area contributed by atoms with Crippen LogP contribution in [0.2, 0.25) is 0 Å². The number of amides is 1. The Bertz CT molecular complexity index is 791. The molecule has 0 aliphatic rings. The Hall–Kier alpha value is -2.69. The molecule has 0 saturated carbocycles. The maximum Gasteiger partial charge on any atom is 0.265 e. The van der Waals surface area contributed by atoms with Gasteiger partial charge in [0.2, 0.25) is 0 Å². The quantitative estimate of drug-likeness (QED) is 0.798. The Labute approximate surface area is 161 Å². The molecule has 1 unspecified atom stereocenters. The SMILES string of the molecule is COc1cc(C)c(NC(=O)C(C)Oc2ccc(C(C)(C)C)cc2)cc1OC. The fourth-order valence-electron chi connectivity index (χ4n) is 2.64. The number of anilines is 1. The summed E-state index contributed by atoms with van der Waals surface area (Å²) in [4.78, 5) is 12.5. The van der Waals surface area contributed by atoms with Crippen molar-refractivity contribution in [2.45, 2.75) is 46.1 Å². The molecule has 0 spiro atoms. The molecular weight excluding hydrogens is 342 g/mol. The second-order valence-electron chi connectivity index (χ2n) is 7.55. The molecule has 0 saturated heterocycles. The largest absolute Gasteiger partial charge is 0.493 e. The molecule has 0 bridgehead atoms. The van der Waals surface area contributed by atoms with Gasteiger partial charge in [-0.05, 0) is 48.6 Å². The molecule has 0 heterocycles. The van der Waals surface area contributed by atoms with Crippen molar-refractivity contribution >= 4 is 11.6 Å². The minimum absolute atomic E-state index is 0.0759. The van der Waals surface area contributed by atoms with Crippen molar-refractivity contribution in [3.8, 4) is 17.2 Å². The van der Waals surface area contributed by atoms with Gasteiger partial charge in [0, 0.05) is 11.8 Å². The Morgan fingerprint density at radius 3 is 2.07 bits per heavy atom. The standard InChI is InChI=1S/C22H29NO4/c1-14-12-19(25-6)20(26-7)13-18(14)23-21(24)15(2)27-17-10-8-16(9-11-17)22(3,4)5/h8-13,15H,1-7H3,(H,23,24). The van der Waals surface area contributed by atoms with Gasteiger partial charge in [-0.3, -0.25) is 4.79 Å². The van der Waals surface area contributed by atoms with E-state index in [0.717, 1.165) is 5.56 Å². The summed E-state index contributed by atoms with van der Waals surface area (Å²) in [5.41, 5.74) is 2.83. The number of benzene rings is 2. The number of aryl methyl sites for hydroxylation is 1. The number of carbonyl (C=O) groups is 1. The number of ether oxygens (including phenoxy) is 3. The highest BCUT2D eigenvalue weighted by molar-refractivity contribution is 5.95. The van der Waals surface area contributed by atoms with Crippen LogP contribution in [0.15, 0.2) is 36.4 Å². The van der Waals surface area contributed by atoms with Crippen molar-refractivity contribution in [3.63, 3.8) is 0 Å². The van der Waals surface area contributed by atoms with Gasteiger partial charge in [0.05, 0.1) is 14.2 Å². The van der Waals surface area contributed by atoms with Gasteiger partial charge in [-0.2, -0.15) is 0 Å². The molecule has 2 aromatic carbocycles. The predicted molar refractivity (Wildman–Crippen MR) is 108 cm³/mol. The average Bonchev–Trinajstić information content (AvgIpc) is 2.62. The summed E-state index contributed by atoms with van der Waals surface area (Å²) < 4.78 is 16.4. The van der Waals surface area contributed by atoms with Crippen LogP contribution in [0, 0.1) is 6.92 Å². The van der Waals surface area contributed by atoms with E-state index in [-0.39, 0.29) is 11.3 Å². The Morgan fingerprint density at radius 2 is 1.56 bits per heavy atom. The Kier molecular flexibility index (Phi) is 6.37. The zero-order valence-corrected chi connectivity index (χ0v) is 17.2. The minimum Gasteiger partial charge on any atom is -0.493 e. The van der Waals surface area contributed by atoms with E-state index >= 15 is 0 Å². The summed E-state index contributed by atoms with van der Waals surface area (Å²) in [5, 5.41) is 2.89. The van der Waals surface area contributed by atoms with E-state index in [1.54, 1.807) is 27.2 Å². The molecular formula is C22H29NO4. The molecule has 27 heavy (non-hydrogen) atoms. The number of methoxy groups -OCH3 is 2. The first-order chi connectivity index (χ1) is 12.7. The predicted octanol–water partition coefficient (Wildman–Crippen LogP) is 4.72. The third-order valence-electron chi connectivity index (χ3n) is 4.39. The van der Waals surface area contributed by atoms with Crippen LogP contribution < -0.4 is 19.5 Å². The molecule has 0 aromatic heterocycles. The van der Waals surface area contributed by atoms with Gasteiger partial charge in [-0.1, -0.05) is 32.9 Å². The van der Waals surface area contributed by atoms with E-state index in [0.29, 0.717) is 22.9 Å². The van der Waals surface area contributed by atoms with Crippen molar-refractivity contribution in [3.05, 3.63) is 47.5 Å². The molecule has 1 amide bonds. The van der Waals surface area contributed by atoms with Crippen molar-refractivity contribution in [1.29, 1.82) is 0 Å². The van der Waals surface area contributed by atoms with E-state index in [4.69, 9.17) is 14.2 Å². The summed E-state index contributed by atoms with van der Waals surface area (Å²) in [6.45, 7) is 10.1. The van der Waals surface area contributed by atoms with Crippen LogP contribution in [-0.2, 0) is 10.2 Å². The minimum atomic E-state index is -0.641. The van der Waals surface area contributed by atoms with E-state index in [1.165, 1.54) is 5.56 Å². The van der Waals surface area contributed by atoms with Gasteiger partial charge in [-0.25, -0.2) is 0 Å². The lowest BCUT2D eigenvalue weighted by Gasteiger charge is -2.20. The maximum absolute atomic E-state index is 12.5. The molecule has 5 nitrogen and oxygen atoms in total. The summed E-state index contributed by atoms with van der Waals surface area (Å²) in [6.07, 6.45) is -0.641. The Balaban J connectivity index is 2.08. The Morgan fingerprint density at radius 1 is 1.00 bits per heavy atom. The average molecular weight is 371 g/mol. The van der Waals surface area contributed by atoms with Crippen LogP contribution >= 0.6 is 0 Å². The first-order valence-electron chi connectivity index (χ1n) is 8.96. The second-order valence-corrected chi connectivity index (χ2v) is 7.55. The molecule has 5 heteroatoms. The molecule has 1 atom stereocenters. The number of rotatable bonds is 6. The van der Waals surface area contributed by atoms with Crippen LogP contribution in [0.25, 0.3) is 0 Å². The monoisotopic (exact) mass is 371 g/mol.